The Morgan fingerprint density at radius 1 is 1.07 bits per heavy atom. The van der Waals surface area contributed by atoms with Crippen LogP contribution in [-0.2, 0) is 20.9 Å². The largest absolute Gasteiger partial charge is 0.461 e. The Labute approximate surface area is 161 Å². The van der Waals surface area contributed by atoms with Crippen LogP contribution in [0.4, 0.5) is 0 Å². The minimum atomic E-state index is -0.179. The molecule has 0 saturated heterocycles. The molecule has 3 heteroatoms. The van der Waals surface area contributed by atoms with Gasteiger partial charge < -0.3 is 4.74 Å². The molecular formula is C24H28O3. The summed E-state index contributed by atoms with van der Waals surface area (Å²) in [6.07, 6.45) is 5.82. The molecule has 0 amide bonds. The van der Waals surface area contributed by atoms with Gasteiger partial charge >= 0.3 is 5.97 Å². The van der Waals surface area contributed by atoms with Gasteiger partial charge in [-0.15, -0.1) is 0 Å². The number of esters is 1. The van der Waals surface area contributed by atoms with Crippen molar-refractivity contribution < 1.29 is 14.3 Å². The highest BCUT2D eigenvalue weighted by Crippen LogP contribution is 2.25. The monoisotopic (exact) mass is 364 g/mol. The molecule has 3 rings (SSSR count). The van der Waals surface area contributed by atoms with Gasteiger partial charge in [-0.1, -0.05) is 55.0 Å². The van der Waals surface area contributed by atoms with Gasteiger partial charge in [-0.25, -0.2) is 0 Å². The zero-order valence-corrected chi connectivity index (χ0v) is 16.1. The second-order valence-electron chi connectivity index (χ2n) is 7.47. The highest BCUT2D eigenvalue weighted by molar-refractivity contribution is 5.81. The van der Waals surface area contributed by atoms with Crippen molar-refractivity contribution in [2.45, 2.75) is 58.5 Å². The van der Waals surface area contributed by atoms with Crippen molar-refractivity contribution in [3.63, 3.8) is 0 Å². The number of benzene rings is 2. The molecule has 1 aliphatic carbocycles. The van der Waals surface area contributed by atoms with E-state index in [1.54, 1.807) is 0 Å². The summed E-state index contributed by atoms with van der Waals surface area (Å²) in [5.41, 5.74) is 4.62. The molecule has 2 aromatic rings. The predicted octanol–water partition coefficient (Wildman–Crippen LogP) is 5.63. The van der Waals surface area contributed by atoms with Crippen LogP contribution in [0.15, 0.2) is 48.5 Å². The van der Waals surface area contributed by atoms with Crippen LogP contribution < -0.4 is 0 Å². The smallest absolute Gasteiger partial charge is 0.306 e. The molecular weight excluding hydrogens is 336 g/mol. The fourth-order valence-electron chi connectivity index (χ4n) is 3.77. The second kappa shape index (κ2) is 9.50. The summed E-state index contributed by atoms with van der Waals surface area (Å²) in [4.78, 5) is 23.8. The third kappa shape index (κ3) is 5.53. The molecule has 1 atom stereocenters. The number of rotatable bonds is 7. The molecule has 0 aliphatic heterocycles. The van der Waals surface area contributed by atoms with Crippen LogP contribution in [0.2, 0.25) is 0 Å². The number of carbonyl (C=O) groups excluding carboxylic acids is 2. The normalized spacial score (nSPS) is 16.9. The number of ether oxygens (including phenoxy) is 1. The van der Waals surface area contributed by atoms with Crippen LogP contribution in [0, 0.1) is 12.8 Å². The first kappa shape index (κ1) is 19.3. The van der Waals surface area contributed by atoms with Crippen LogP contribution in [0.1, 0.15) is 56.1 Å². The van der Waals surface area contributed by atoms with E-state index >= 15 is 0 Å². The van der Waals surface area contributed by atoms with Crippen LogP contribution >= 0.6 is 0 Å². The highest BCUT2D eigenvalue weighted by atomic mass is 16.5. The summed E-state index contributed by atoms with van der Waals surface area (Å²) in [6.45, 7) is 2.40. The van der Waals surface area contributed by atoms with Crippen molar-refractivity contribution in [3.05, 3.63) is 59.7 Å². The highest BCUT2D eigenvalue weighted by Gasteiger charge is 2.21. The minimum absolute atomic E-state index is 0.167. The van der Waals surface area contributed by atoms with Gasteiger partial charge in [-0.05, 0) is 54.9 Å². The molecule has 2 aromatic carbocycles. The third-order valence-electron chi connectivity index (χ3n) is 5.42. The second-order valence-corrected chi connectivity index (χ2v) is 7.47. The fourth-order valence-corrected chi connectivity index (χ4v) is 3.77. The first-order chi connectivity index (χ1) is 13.1. The number of carbonyl (C=O) groups is 2. The van der Waals surface area contributed by atoms with Crippen molar-refractivity contribution in [1.82, 2.24) is 0 Å². The molecule has 0 heterocycles. The molecule has 1 unspecified atom stereocenters. The van der Waals surface area contributed by atoms with Crippen molar-refractivity contribution in [2.75, 3.05) is 0 Å². The number of Topliss-reactive ketones (excluding diaryl/α,β-unsaturated/α-hetero) is 1. The van der Waals surface area contributed by atoms with E-state index in [0.29, 0.717) is 25.2 Å². The van der Waals surface area contributed by atoms with E-state index in [2.05, 4.69) is 31.2 Å². The molecule has 0 radical (unpaired) electrons. The molecule has 3 nitrogen and oxygen atoms in total. The number of aryl methyl sites for hydroxylation is 1. The standard InChI is InChI=1S/C24H28O3/c1-18-7-2-4-10-22(18)20-15-13-19(14-16-20)17-27-24(26)12-6-9-21-8-3-5-11-23(21)25/h2,4,7,10,13-16,21H,3,5-6,8-9,11-12,17H2,1H3. The fraction of sp³-hybridized carbons (Fsp3) is 0.417. The van der Waals surface area contributed by atoms with Gasteiger partial charge in [-0.3, -0.25) is 9.59 Å². The van der Waals surface area contributed by atoms with Gasteiger partial charge in [0, 0.05) is 18.8 Å². The van der Waals surface area contributed by atoms with Crippen LogP contribution in [0.25, 0.3) is 11.1 Å². The van der Waals surface area contributed by atoms with Crippen LogP contribution in [0.3, 0.4) is 0 Å². The zero-order chi connectivity index (χ0) is 19.1. The first-order valence-corrected chi connectivity index (χ1v) is 9.97. The Morgan fingerprint density at radius 3 is 2.59 bits per heavy atom. The Morgan fingerprint density at radius 2 is 1.85 bits per heavy atom. The lowest BCUT2D eigenvalue weighted by molar-refractivity contribution is -0.145. The van der Waals surface area contributed by atoms with E-state index in [0.717, 1.165) is 37.7 Å². The lowest BCUT2D eigenvalue weighted by atomic mass is 9.84. The topological polar surface area (TPSA) is 43.4 Å². The maximum Gasteiger partial charge on any atom is 0.306 e. The average Bonchev–Trinajstić information content (AvgIpc) is 2.69. The van der Waals surface area contributed by atoms with Crippen molar-refractivity contribution in [2.24, 2.45) is 5.92 Å². The summed E-state index contributed by atoms with van der Waals surface area (Å²) >= 11 is 0. The molecule has 0 spiro atoms. The van der Waals surface area contributed by atoms with E-state index in [1.165, 1.54) is 16.7 Å². The minimum Gasteiger partial charge on any atom is -0.461 e. The van der Waals surface area contributed by atoms with Gasteiger partial charge in [0.25, 0.3) is 0 Å². The van der Waals surface area contributed by atoms with Crippen LogP contribution in [-0.4, -0.2) is 11.8 Å². The van der Waals surface area contributed by atoms with Crippen LogP contribution in [0.5, 0.6) is 0 Å². The lowest BCUT2D eigenvalue weighted by Crippen LogP contribution is -2.19. The van der Waals surface area contributed by atoms with Gasteiger partial charge in [0.1, 0.15) is 12.4 Å². The van der Waals surface area contributed by atoms with E-state index in [4.69, 9.17) is 4.74 Å². The molecule has 27 heavy (non-hydrogen) atoms. The van der Waals surface area contributed by atoms with Crippen molar-refractivity contribution in [1.29, 1.82) is 0 Å². The molecule has 1 saturated carbocycles. The van der Waals surface area contributed by atoms with Crippen molar-refractivity contribution in [3.8, 4) is 11.1 Å². The third-order valence-corrected chi connectivity index (χ3v) is 5.42. The Hall–Kier alpha value is -2.42. The number of hydrogen-bond acceptors (Lipinski definition) is 3. The summed E-state index contributed by atoms with van der Waals surface area (Å²) < 4.78 is 5.39. The molecule has 1 aliphatic rings. The number of hydrogen-bond donors (Lipinski definition) is 0. The van der Waals surface area contributed by atoms with Gasteiger partial charge in [0.05, 0.1) is 0 Å². The Balaban J connectivity index is 1.42. The molecule has 0 bridgehead atoms. The maximum absolute atomic E-state index is 12.0. The zero-order valence-electron chi connectivity index (χ0n) is 16.1. The quantitative estimate of drug-likeness (QED) is 0.598. The molecule has 0 aromatic heterocycles. The van der Waals surface area contributed by atoms with Gasteiger partial charge in [0.2, 0.25) is 0 Å². The Kier molecular flexibility index (Phi) is 6.80. The van der Waals surface area contributed by atoms with Gasteiger partial charge in [0.15, 0.2) is 0 Å². The molecule has 1 fully saturated rings. The lowest BCUT2D eigenvalue weighted by Gasteiger charge is -2.19. The van der Waals surface area contributed by atoms with Gasteiger partial charge in [-0.2, -0.15) is 0 Å². The van der Waals surface area contributed by atoms with E-state index in [9.17, 15) is 9.59 Å². The maximum atomic E-state index is 12.0. The predicted molar refractivity (Wildman–Crippen MR) is 107 cm³/mol. The SMILES string of the molecule is Cc1ccccc1-c1ccc(COC(=O)CCCC2CCCCC2=O)cc1. The van der Waals surface area contributed by atoms with E-state index in [1.807, 2.05) is 24.3 Å². The van der Waals surface area contributed by atoms with Crippen molar-refractivity contribution >= 4 is 11.8 Å². The number of ketones is 1. The molecule has 0 N–H and O–H groups in total. The summed E-state index contributed by atoms with van der Waals surface area (Å²) in [7, 11) is 0. The van der Waals surface area contributed by atoms with E-state index in [-0.39, 0.29) is 11.9 Å². The first-order valence-electron chi connectivity index (χ1n) is 9.97. The average molecular weight is 364 g/mol. The van der Waals surface area contributed by atoms with E-state index < -0.39 is 0 Å². The molecule has 142 valence electrons. The summed E-state index contributed by atoms with van der Waals surface area (Å²) in [5.74, 6) is 0.366. The summed E-state index contributed by atoms with van der Waals surface area (Å²) in [6, 6.07) is 16.5. The Bertz CT molecular complexity index is 776. The summed E-state index contributed by atoms with van der Waals surface area (Å²) in [5, 5.41) is 0.